The summed E-state index contributed by atoms with van der Waals surface area (Å²) in [5, 5.41) is 3.48. The molecule has 0 radical (unpaired) electrons. The van der Waals surface area contributed by atoms with Crippen LogP contribution in [0.3, 0.4) is 0 Å². The second-order valence-corrected chi connectivity index (χ2v) is 4.94. The van der Waals surface area contributed by atoms with E-state index in [1.54, 1.807) is 18.0 Å². The van der Waals surface area contributed by atoms with Gasteiger partial charge in [-0.3, -0.25) is 0 Å². The predicted molar refractivity (Wildman–Crippen MR) is 73.7 cm³/mol. The highest BCUT2D eigenvalue weighted by Crippen LogP contribution is 2.20. The van der Waals surface area contributed by atoms with Gasteiger partial charge in [-0.2, -0.15) is 0 Å². The van der Waals surface area contributed by atoms with Crippen LogP contribution in [-0.4, -0.2) is 12.3 Å². The highest BCUT2D eigenvalue weighted by Gasteiger charge is 2.05. The van der Waals surface area contributed by atoms with Crippen LogP contribution in [0.15, 0.2) is 52.0 Å². The lowest BCUT2D eigenvalue weighted by Crippen LogP contribution is -2.17. The highest BCUT2D eigenvalue weighted by molar-refractivity contribution is 7.98. The molecule has 0 aliphatic heterocycles. The van der Waals surface area contributed by atoms with Gasteiger partial charge in [0.15, 0.2) is 0 Å². The number of anilines is 1. The standard InChI is InChI=1S/C14H17NOS/c1-11(9-13-6-4-8-16-13)15-12-5-3-7-14(10-12)17-2/h3-8,10-11,15H,9H2,1-2H3. The van der Waals surface area contributed by atoms with E-state index in [1.807, 2.05) is 12.1 Å². The van der Waals surface area contributed by atoms with Gasteiger partial charge in [0, 0.05) is 23.0 Å². The molecule has 0 spiro atoms. The van der Waals surface area contributed by atoms with Crippen molar-refractivity contribution >= 4 is 17.4 Å². The van der Waals surface area contributed by atoms with Crippen molar-refractivity contribution in [3.8, 4) is 0 Å². The predicted octanol–water partition coefficient (Wildman–Crippen LogP) is 4.04. The minimum atomic E-state index is 0.359. The van der Waals surface area contributed by atoms with Crippen molar-refractivity contribution in [1.82, 2.24) is 0 Å². The maximum atomic E-state index is 5.34. The second kappa shape index (κ2) is 5.82. The van der Waals surface area contributed by atoms with Crippen LogP contribution < -0.4 is 5.32 Å². The van der Waals surface area contributed by atoms with Gasteiger partial charge in [-0.25, -0.2) is 0 Å². The molecule has 0 saturated carbocycles. The molecule has 1 unspecified atom stereocenters. The minimum Gasteiger partial charge on any atom is -0.469 e. The van der Waals surface area contributed by atoms with E-state index in [1.165, 1.54) is 4.90 Å². The van der Waals surface area contributed by atoms with Crippen LogP contribution in [0.5, 0.6) is 0 Å². The molecule has 3 heteroatoms. The monoisotopic (exact) mass is 247 g/mol. The van der Waals surface area contributed by atoms with Crippen LogP contribution >= 0.6 is 11.8 Å². The van der Waals surface area contributed by atoms with Crippen molar-refractivity contribution in [2.24, 2.45) is 0 Å². The first-order chi connectivity index (χ1) is 8.28. The number of hydrogen-bond acceptors (Lipinski definition) is 3. The fourth-order valence-electron chi connectivity index (χ4n) is 1.78. The lowest BCUT2D eigenvalue weighted by molar-refractivity contribution is 0.498. The molecule has 0 bridgehead atoms. The molecule has 2 nitrogen and oxygen atoms in total. The number of furan rings is 1. The van der Waals surface area contributed by atoms with E-state index >= 15 is 0 Å². The maximum absolute atomic E-state index is 5.34. The first kappa shape index (κ1) is 12.1. The summed E-state index contributed by atoms with van der Waals surface area (Å²) in [6.45, 7) is 2.16. The molecule has 17 heavy (non-hydrogen) atoms. The van der Waals surface area contributed by atoms with Crippen molar-refractivity contribution < 1.29 is 4.42 Å². The molecule has 90 valence electrons. The molecule has 1 N–H and O–H groups in total. The molecule has 1 aromatic carbocycles. The van der Waals surface area contributed by atoms with Gasteiger partial charge in [-0.05, 0) is 43.5 Å². The first-order valence-corrected chi connectivity index (χ1v) is 6.93. The molecule has 2 rings (SSSR count). The molecule has 0 amide bonds. The maximum Gasteiger partial charge on any atom is 0.105 e. The summed E-state index contributed by atoms with van der Waals surface area (Å²) in [6.07, 6.45) is 4.71. The Morgan fingerprint density at radius 1 is 1.29 bits per heavy atom. The zero-order valence-corrected chi connectivity index (χ0v) is 11.0. The zero-order chi connectivity index (χ0) is 12.1. The molecule has 0 fully saturated rings. The zero-order valence-electron chi connectivity index (χ0n) is 10.1. The van der Waals surface area contributed by atoms with Gasteiger partial charge in [0.25, 0.3) is 0 Å². The number of benzene rings is 1. The number of rotatable bonds is 5. The minimum absolute atomic E-state index is 0.359. The van der Waals surface area contributed by atoms with Crippen LogP contribution in [0, 0.1) is 0 Å². The summed E-state index contributed by atoms with van der Waals surface area (Å²) in [4.78, 5) is 1.28. The van der Waals surface area contributed by atoms with E-state index in [9.17, 15) is 0 Å². The molecule has 1 heterocycles. The van der Waals surface area contributed by atoms with E-state index in [0.29, 0.717) is 6.04 Å². The van der Waals surface area contributed by atoms with Gasteiger partial charge in [-0.1, -0.05) is 6.07 Å². The lowest BCUT2D eigenvalue weighted by atomic mass is 10.2. The smallest absolute Gasteiger partial charge is 0.105 e. The fraction of sp³-hybridized carbons (Fsp3) is 0.286. The van der Waals surface area contributed by atoms with Gasteiger partial charge < -0.3 is 9.73 Å². The van der Waals surface area contributed by atoms with Crippen molar-refractivity contribution in [3.05, 3.63) is 48.4 Å². The van der Waals surface area contributed by atoms with Crippen molar-refractivity contribution in [1.29, 1.82) is 0 Å². The SMILES string of the molecule is CSc1cccc(NC(C)Cc2ccco2)c1. The van der Waals surface area contributed by atoms with E-state index in [0.717, 1.165) is 17.9 Å². The fourth-order valence-corrected chi connectivity index (χ4v) is 2.24. The molecule has 1 atom stereocenters. The lowest BCUT2D eigenvalue weighted by Gasteiger charge is -2.14. The molecular formula is C14H17NOS. The Bertz CT molecular complexity index is 453. The average Bonchev–Trinajstić information content (AvgIpc) is 2.82. The topological polar surface area (TPSA) is 25.2 Å². The van der Waals surface area contributed by atoms with E-state index < -0.39 is 0 Å². The molecule has 2 aromatic rings. The van der Waals surface area contributed by atoms with Gasteiger partial charge in [0.2, 0.25) is 0 Å². The summed E-state index contributed by atoms with van der Waals surface area (Å²) in [5.74, 6) is 1.02. The van der Waals surface area contributed by atoms with Crippen LogP contribution in [0.2, 0.25) is 0 Å². The Balaban J connectivity index is 1.95. The Kier molecular flexibility index (Phi) is 4.15. The third-order valence-electron chi connectivity index (χ3n) is 2.57. The summed E-state index contributed by atoms with van der Waals surface area (Å²) >= 11 is 1.76. The number of nitrogens with one attached hydrogen (secondary N) is 1. The molecule has 0 aliphatic carbocycles. The Morgan fingerprint density at radius 2 is 2.18 bits per heavy atom. The normalized spacial score (nSPS) is 12.4. The van der Waals surface area contributed by atoms with E-state index in [2.05, 4.69) is 42.8 Å². The van der Waals surface area contributed by atoms with Gasteiger partial charge in [0.05, 0.1) is 6.26 Å². The summed E-state index contributed by atoms with van der Waals surface area (Å²) in [5.41, 5.74) is 1.16. The number of hydrogen-bond donors (Lipinski definition) is 1. The quantitative estimate of drug-likeness (QED) is 0.807. The van der Waals surface area contributed by atoms with Crippen LogP contribution in [0.1, 0.15) is 12.7 Å². The summed E-state index contributed by atoms with van der Waals surface area (Å²) in [6, 6.07) is 12.8. The second-order valence-electron chi connectivity index (χ2n) is 4.06. The molecule has 0 aliphatic rings. The average molecular weight is 247 g/mol. The third-order valence-corrected chi connectivity index (χ3v) is 3.30. The van der Waals surface area contributed by atoms with Crippen molar-refractivity contribution in [2.45, 2.75) is 24.3 Å². The van der Waals surface area contributed by atoms with Crippen LogP contribution in [-0.2, 0) is 6.42 Å². The Labute approximate surface area is 106 Å². The van der Waals surface area contributed by atoms with E-state index in [4.69, 9.17) is 4.42 Å². The summed E-state index contributed by atoms with van der Waals surface area (Å²) in [7, 11) is 0. The van der Waals surface area contributed by atoms with Crippen LogP contribution in [0.4, 0.5) is 5.69 Å². The van der Waals surface area contributed by atoms with Gasteiger partial charge >= 0.3 is 0 Å². The third kappa shape index (κ3) is 3.56. The Morgan fingerprint density at radius 3 is 2.88 bits per heavy atom. The molecule has 1 aromatic heterocycles. The van der Waals surface area contributed by atoms with Crippen molar-refractivity contribution in [3.63, 3.8) is 0 Å². The first-order valence-electron chi connectivity index (χ1n) is 5.71. The van der Waals surface area contributed by atoms with Gasteiger partial charge in [-0.15, -0.1) is 11.8 Å². The molecule has 0 saturated heterocycles. The van der Waals surface area contributed by atoms with Crippen LogP contribution in [0.25, 0.3) is 0 Å². The number of thioether (sulfide) groups is 1. The largest absolute Gasteiger partial charge is 0.469 e. The van der Waals surface area contributed by atoms with Gasteiger partial charge in [0.1, 0.15) is 5.76 Å². The Hall–Kier alpha value is -1.35. The van der Waals surface area contributed by atoms with Crippen molar-refractivity contribution in [2.75, 3.05) is 11.6 Å². The van der Waals surface area contributed by atoms with E-state index in [-0.39, 0.29) is 0 Å². The molecular weight excluding hydrogens is 230 g/mol. The highest BCUT2D eigenvalue weighted by atomic mass is 32.2. The summed E-state index contributed by atoms with van der Waals surface area (Å²) < 4.78 is 5.34.